The highest BCUT2D eigenvalue weighted by atomic mass is 35.5. The molecule has 25 heavy (non-hydrogen) atoms. The minimum atomic E-state index is -3.57. The standard InChI is InChI=1S/C18H13ClN2O3S/c1-2-25(23,24)13-8-9-16(15(19)11-13)20-21-18-14-6-4-3-5-12(14)7-10-17(18)22/h2-11,22H,1H2. The van der Waals surface area contributed by atoms with Crippen LogP contribution in [0.3, 0.4) is 0 Å². The molecule has 0 saturated carbocycles. The second-order valence-corrected chi connectivity index (χ2v) is 7.48. The number of fused-ring (bicyclic) bond motifs is 1. The van der Waals surface area contributed by atoms with E-state index in [4.69, 9.17) is 11.6 Å². The molecule has 0 aromatic heterocycles. The first-order chi connectivity index (χ1) is 11.9. The quantitative estimate of drug-likeness (QED) is 0.611. The first kappa shape index (κ1) is 17.1. The SMILES string of the molecule is C=CS(=O)(=O)c1ccc(N=Nc2c(O)ccc3ccccc23)c(Cl)c1. The summed E-state index contributed by atoms with van der Waals surface area (Å²) in [5.74, 6) is -0.00979. The van der Waals surface area contributed by atoms with Crippen molar-refractivity contribution in [1.82, 2.24) is 0 Å². The third kappa shape index (κ3) is 3.40. The van der Waals surface area contributed by atoms with E-state index in [1.807, 2.05) is 24.3 Å². The van der Waals surface area contributed by atoms with Crippen LogP contribution in [0.25, 0.3) is 10.8 Å². The van der Waals surface area contributed by atoms with Crippen LogP contribution in [0, 0.1) is 0 Å². The largest absolute Gasteiger partial charge is 0.506 e. The molecule has 0 heterocycles. The lowest BCUT2D eigenvalue weighted by atomic mass is 10.1. The second-order valence-electron chi connectivity index (χ2n) is 5.18. The minimum Gasteiger partial charge on any atom is -0.506 e. The first-order valence-electron chi connectivity index (χ1n) is 7.22. The smallest absolute Gasteiger partial charge is 0.199 e. The van der Waals surface area contributed by atoms with Crippen molar-refractivity contribution in [3.63, 3.8) is 0 Å². The molecule has 0 unspecified atom stereocenters. The Balaban J connectivity index is 2.04. The molecule has 0 spiro atoms. The summed E-state index contributed by atoms with van der Waals surface area (Å²) in [5, 5.41) is 20.8. The number of aromatic hydroxyl groups is 1. The number of nitrogens with zero attached hydrogens (tertiary/aromatic N) is 2. The van der Waals surface area contributed by atoms with Crippen molar-refractivity contribution in [3.05, 3.63) is 71.6 Å². The van der Waals surface area contributed by atoms with Gasteiger partial charge in [0.05, 0.1) is 9.92 Å². The number of phenols is 1. The Hall–Kier alpha value is -2.70. The molecular formula is C18H13ClN2O3S. The van der Waals surface area contributed by atoms with E-state index < -0.39 is 9.84 Å². The Kier molecular flexibility index (Phi) is 4.57. The zero-order chi connectivity index (χ0) is 18.0. The fourth-order valence-electron chi connectivity index (χ4n) is 2.29. The lowest BCUT2D eigenvalue weighted by Crippen LogP contribution is -1.94. The van der Waals surface area contributed by atoms with Gasteiger partial charge in [0.15, 0.2) is 9.84 Å². The van der Waals surface area contributed by atoms with E-state index in [0.717, 1.165) is 16.2 Å². The number of halogens is 1. The van der Waals surface area contributed by atoms with Crippen molar-refractivity contribution in [2.45, 2.75) is 4.90 Å². The van der Waals surface area contributed by atoms with Gasteiger partial charge in [-0.15, -0.1) is 10.2 Å². The summed E-state index contributed by atoms with van der Waals surface area (Å²) in [6, 6.07) is 14.9. The average Bonchev–Trinajstić information content (AvgIpc) is 2.61. The van der Waals surface area contributed by atoms with E-state index in [9.17, 15) is 13.5 Å². The van der Waals surface area contributed by atoms with Gasteiger partial charge in [-0.2, -0.15) is 0 Å². The van der Waals surface area contributed by atoms with Crippen molar-refractivity contribution in [3.8, 4) is 5.75 Å². The van der Waals surface area contributed by atoms with Crippen LogP contribution in [0.15, 0.2) is 81.7 Å². The number of azo groups is 1. The summed E-state index contributed by atoms with van der Waals surface area (Å²) in [5.41, 5.74) is 0.606. The van der Waals surface area contributed by atoms with Crippen LogP contribution in [-0.2, 0) is 9.84 Å². The second kappa shape index (κ2) is 6.66. The van der Waals surface area contributed by atoms with Gasteiger partial charge in [-0.05, 0) is 29.7 Å². The van der Waals surface area contributed by atoms with Gasteiger partial charge in [-0.25, -0.2) is 8.42 Å². The van der Waals surface area contributed by atoms with Crippen molar-refractivity contribution >= 4 is 43.6 Å². The highest BCUT2D eigenvalue weighted by Gasteiger charge is 2.12. The maximum Gasteiger partial charge on any atom is 0.199 e. The Bertz CT molecular complexity index is 1110. The molecule has 0 saturated heterocycles. The number of rotatable bonds is 4. The summed E-state index contributed by atoms with van der Waals surface area (Å²) in [4.78, 5) is 0.0273. The fraction of sp³-hybridized carbons (Fsp3) is 0. The Morgan fingerprint density at radius 2 is 1.80 bits per heavy atom. The van der Waals surface area contributed by atoms with Crippen LogP contribution in [0.1, 0.15) is 0 Å². The average molecular weight is 373 g/mol. The maximum atomic E-state index is 11.8. The summed E-state index contributed by atoms with van der Waals surface area (Å²) in [6.07, 6.45) is 0. The lowest BCUT2D eigenvalue weighted by molar-refractivity contribution is 0.477. The van der Waals surface area contributed by atoms with E-state index in [-0.39, 0.29) is 21.4 Å². The zero-order valence-corrected chi connectivity index (χ0v) is 14.5. The predicted molar refractivity (Wildman–Crippen MR) is 98.6 cm³/mol. The normalized spacial score (nSPS) is 11.9. The maximum absolute atomic E-state index is 11.8. The Morgan fingerprint density at radius 3 is 2.52 bits per heavy atom. The number of hydrogen-bond acceptors (Lipinski definition) is 5. The Labute approximate surface area is 149 Å². The molecule has 126 valence electrons. The summed E-state index contributed by atoms with van der Waals surface area (Å²) in [7, 11) is -3.57. The van der Waals surface area contributed by atoms with Crippen LogP contribution in [-0.4, -0.2) is 13.5 Å². The van der Waals surface area contributed by atoms with E-state index in [1.165, 1.54) is 24.3 Å². The van der Waals surface area contributed by atoms with E-state index in [1.54, 1.807) is 6.07 Å². The fourth-order valence-corrected chi connectivity index (χ4v) is 3.31. The molecule has 0 bridgehead atoms. The predicted octanol–water partition coefficient (Wildman–Crippen LogP) is 5.53. The van der Waals surface area contributed by atoms with Gasteiger partial charge in [-0.1, -0.05) is 48.5 Å². The molecule has 0 aliphatic rings. The number of benzene rings is 3. The van der Waals surface area contributed by atoms with Gasteiger partial charge < -0.3 is 5.11 Å². The molecule has 0 amide bonds. The van der Waals surface area contributed by atoms with Crippen molar-refractivity contribution in [2.75, 3.05) is 0 Å². The van der Waals surface area contributed by atoms with Gasteiger partial charge in [0.2, 0.25) is 0 Å². The van der Waals surface area contributed by atoms with E-state index in [2.05, 4.69) is 16.8 Å². The third-order valence-corrected chi connectivity index (χ3v) is 5.26. The highest BCUT2D eigenvalue weighted by Crippen LogP contribution is 2.37. The summed E-state index contributed by atoms with van der Waals surface area (Å²) in [6.45, 7) is 3.27. The zero-order valence-electron chi connectivity index (χ0n) is 12.9. The summed E-state index contributed by atoms with van der Waals surface area (Å²) < 4.78 is 23.5. The van der Waals surface area contributed by atoms with Gasteiger partial charge in [0.1, 0.15) is 17.1 Å². The minimum absolute atomic E-state index is 0.00979. The third-order valence-electron chi connectivity index (χ3n) is 3.60. The van der Waals surface area contributed by atoms with Crippen molar-refractivity contribution in [1.29, 1.82) is 0 Å². The molecule has 0 radical (unpaired) electrons. The van der Waals surface area contributed by atoms with Crippen LogP contribution in [0.2, 0.25) is 5.02 Å². The molecule has 3 rings (SSSR count). The van der Waals surface area contributed by atoms with Gasteiger partial charge in [-0.3, -0.25) is 0 Å². The number of phenolic OH excluding ortho intramolecular Hbond substituents is 1. The molecule has 5 nitrogen and oxygen atoms in total. The van der Waals surface area contributed by atoms with E-state index >= 15 is 0 Å². The first-order valence-corrected chi connectivity index (χ1v) is 9.14. The van der Waals surface area contributed by atoms with Gasteiger partial charge in [0.25, 0.3) is 0 Å². The molecule has 0 aliphatic carbocycles. The molecule has 0 fully saturated rings. The molecule has 3 aromatic carbocycles. The van der Waals surface area contributed by atoms with Crippen molar-refractivity contribution < 1.29 is 13.5 Å². The molecular weight excluding hydrogens is 360 g/mol. The lowest BCUT2D eigenvalue weighted by Gasteiger charge is -2.04. The molecule has 3 aromatic rings. The number of sulfone groups is 1. The van der Waals surface area contributed by atoms with Crippen molar-refractivity contribution in [2.24, 2.45) is 10.2 Å². The van der Waals surface area contributed by atoms with Crippen LogP contribution in [0.5, 0.6) is 5.75 Å². The van der Waals surface area contributed by atoms with Gasteiger partial charge >= 0.3 is 0 Å². The monoisotopic (exact) mass is 372 g/mol. The molecule has 1 N–H and O–H groups in total. The molecule has 7 heteroatoms. The Morgan fingerprint density at radius 1 is 1.04 bits per heavy atom. The van der Waals surface area contributed by atoms with Gasteiger partial charge in [0, 0.05) is 10.8 Å². The molecule has 0 aliphatic heterocycles. The van der Waals surface area contributed by atoms with Crippen LogP contribution >= 0.6 is 11.6 Å². The van der Waals surface area contributed by atoms with E-state index in [0.29, 0.717) is 5.69 Å². The van der Waals surface area contributed by atoms with Crippen LogP contribution in [0.4, 0.5) is 11.4 Å². The highest BCUT2D eigenvalue weighted by molar-refractivity contribution is 7.94. The molecule has 0 atom stereocenters. The van der Waals surface area contributed by atoms with Crippen LogP contribution < -0.4 is 0 Å². The number of hydrogen-bond donors (Lipinski definition) is 1. The topological polar surface area (TPSA) is 79.1 Å². The summed E-state index contributed by atoms with van der Waals surface area (Å²) >= 11 is 6.10.